The number of aromatic nitrogens is 2. The van der Waals surface area contributed by atoms with Crippen LogP contribution in [-0.4, -0.2) is 9.97 Å². The Hall–Kier alpha value is -1.48. The van der Waals surface area contributed by atoms with Gasteiger partial charge < -0.3 is 4.98 Å². The summed E-state index contributed by atoms with van der Waals surface area (Å²) < 4.78 is 0.695. The smallest absolute Gasteiger partial charge is 0.139 e. The highest BCUT2D eigenvalue weighted by atomic mass is 32.1. The van der Waals surface area contributed by atoms with Crippen molar-refractivity contribution in [1.82, 2.24) is 9.97 Å². The number of hydrogen-bond donors (Lipinski definition) is 1. The highest BCUT2D eigenvalue weighted by molar-refractivity contribution is 7.71. The first-order valence-electron chi connectivity index (χ1n) is 7.47. The van der Waals surface area contributed by atoms with E-state index in [2.05, 4.69) is 41.2 Å². The van der Waals surface area contributed by atoms with Crippen molar-refractivity contribution < 1.29 is 0 Å². The third-order valence-electron chi connectivity index (χ3n) is 4.19. The zero-order chi connectivity index (χ0) is 13.9. The van der Waals surface area contributed by atoms with E-state index in [-0.39, 0.29) is 0 Å². The Morgan fingerprint density at radius 3 is 2.55 bits per heavy atom. The average molecular weight is 284 g/mol. The Bertz CT molecular complexity index is 637. The minimum atomic E-state index is 0.633. The second-order valence-corrected chi connectivity index (χ2v) is 5.97. The molecule has 0 amide bonds. The maximum absolute atomic E-state index is 5.34. The van der Waals surface area contributed by atoms with Crippen molar-refractivity contribution in [3.05, 3.63) is 46.2 Å². The van der Waals surface area contributed by atoms with Crippen LogP contribution in [-0.2, 0) is 6.42 Å². The molecule has 1 N–H and O–H groups in total. The van der Waals surface area contributed by atoms with Gasteiger partial charge in [0.15, 0.2) is 0 Å². The number of aromatic amines is 1. The fourth-order valence-electron chi connectivity index (χ4n) is 2.97. The van der Waals surface area contributed by atoms with Crippen LogP contribution in [0.1, 0.15) is 49.8 Å². The molecule has 1 aromatic carbocycles. The number of nitrogens with zero attached hydrogens (tertiary/aromatic N) is 1. The van der Waals surface area contributed by atoms with Gasteiger partial charge in [-0.2, -0.15) is 0 Å². The van der Waals surface area contributed by atoms with Crippen LogP contribution < -0.4 is 0 Å². The lowest BCUT2D eigenvalue weighted by Gasteiger charge is -2.11. The first-order valence-corrected chi connectivity index (χ1v) is 7.87. The third-order valence-corrected chi connectivity index (χ3v) is 4.40. The van der Waals surface area contributed by atoms with Crippen LogP contribution in [0.4, 0.5) is 0 Å². The first-order chi connectivity index (χ1) is 9.76. The second kappa shape index (κ2) is 5.88. The standard InChI is InChI=1S/C17H20N2S/c1-2-12-7-9-14(10-8-12)17-18-15(11-16(20)19-17)13-5-3-4-6-13/h7-11,13H,2-6H2,1H3,(H,18,19,20). The molecular weight excluding hydrogens is 264 g/mol. The molecule has 0 spiro atoms. The largest absolute Gasteiger partial charge is 0.343 e. The first kappa shape index (κ1) is 13.5. The summed E-state index contributed by atoms with van der Waals surface area (Å²) >= 11 is 5.34. The number of aryl methyl sites for hydroxylation is 1. The van der Waals surface area contributed by atoms with Gasteiger partial charge in [0.1, 0.15) is 10.5 Å². The maximum Gasteiger partial charge on any atom is 0.139 e. The van der Waals surface area contributed by atoms with Crippen molar-refractivity contribution in [2.45, 2.75) is 44.9 Å². The van der Waals surface area contributed by atoms with E-state index in [1.165, 1.54) is 36.9 Å². The fraction of sp³-hybridized carbons (Fsp3) is 0.412. The van der Waals surface area contributed by atoms with E-state index in [1.807, 2.05) is 6.07 Å². The van der Waals surface area contributed by atoms with E-state index in [4.69, 9.17) is 12.2 Å². The summed E-state index contributed by atoms with van der Waals surface area (Å²) in [6.07, 6.45) is 6.25. The second-order valence-electron chi connectivity index (χ2n) is 5.56. The molecule has 0 unspecified atom stereocenters. The molecule has 104 valence electrons. The van der Waals surface area contributed by atoms with Crippen molar-refractivity contribution >= 4 is 12.2 Å². The molecule has 0 aliphatic heterocycles. The van der Waals surface area contributed by atoms with E-state index in [0.29, 0.717) is 10.6 Å². The van der Waals surface area contributed by atoms with Gasteiger partial charge in [-0.1, -0.05) is 56.2 Å². The van der Waals surface area contributed by atoms with Gasteiger partial charge in [-0.15, -0.1) is 0 Å². The van der Waals surface area contributed by atoms with Gasteiger partial charge in [-0.3, -0.25) is 0 Å². The molecule has 1 heterocycles. The summed E-state index contributed by atoms with van der Waals surface area (Å²) in [5.74, 6) is 1.54. The normalized spacial score (nSPS) is 15.7. The van der Waals surface area contributed by atoms with Crippen LogP contribution in [0.3, 0.4) is 0 Å². The monoisotopic (exact) mass is 284 g/mol. The zero-order valence-electron chi connectivity index (χ0n) is 11.9. The molecule has 1 aliphatic rings. The molecule has 1 aromatic heterocycles. The van der Waals surface area contributed by atoms with Gasteiger partial charge in [0.25, 0.3) is 0 Å². The van der Waals surface area contributed by atoms with E-state index < -0.39 is 0 Å². The highest BCUT2D eigenvalue weighted by Gasteiger charge is 2.18. The lowest BCUT2D eigenvalue weighted by atomic mass is 10.0. The molecule has 0 saturated heterocycles. The molecule has 3 heteroatoms. The molecule has 0 radical (unpaired) electrons. The molecule has 2 nitrogen and oxygen atoms in total. The predicted molar refractivity (Wildman–Crippen MR) is 85.4 cm³/mol. The van der Waals surface area contributed by atoms with Crippen molar-refractivity contribution in [1.29, 1.82) is 0 Å². The quantitative estimate of drug-likeness (QED) is 0.801. The fourth-order valence-corrected chi connectivity index (χ4v) is 3.19. The van der Waals surface area contributed by atoms with E-state index in [1.54, 1.807) is 0 Å². The molecule has 0 bridgehead atoms. The Kier molecular flexibility index (Phi) is 3.97. The minimum Gasteiger partial charge on any atom is -0.343 e. The topological polar surface area (TPSA) is 28.7 Å². The third kappa shape index (κ3) is 2.83. The van der Waals surface area contributed by atoms with E-state index in [9.17, 15) is 0 Å². The summed E-state index contributed by atoms with van der Waals surface area (Å²) in [4.78, 5) is 7.99. The molecule has 1 saturated carbocycles. The lowest BCUT2D eigenvalue weighted by Crippen LogP contribution is -2.00. The number of benzene rings is 1. The summed E-state index contributed by atoms with van der Waals surface area (Å²) in [7, 11) is 0. The summed E-state index contributed by atoms with van der Waals surface area (Å²) in [5.41, 5.74) is 3.73. The maximum atomic E-state index is 5.34. The van der Waals surface area contributed by atoms with Gasteiger partial charge in [-0.05, 0) is 36.8 Å². The van der Waals surface area contributed by atoms with Crippen molar-refractivity contribution in [2.24, 2.45) is 0 Å². The van der Waals surface area contributed by atoms with E-state index >= 15 is 0 Å². The number of rotatable bonds is 3. The Labute approximate surface area is 125 Å². The van der Waals surface area contributed by atoms with Gasteiger partial charge in [-0.25, -0.2) is 4.98 Å². The Morgan fingerprint density at radius 1 is 1.20 bits per heavy atom. The molecule has 20 heavy (non-hydrogen) atoms. The SMILES string of the molecule is CCc1ccc(-c2nc(=S)cc(C3CCCC3)[nH]2)cc1. The van der Waals surface area contributed by atoms with E-state index in [0.717, 1.165) is 17.8 Å². The van der Waals surface area contributed by atoms with Crippen molar-refractivity contribution in [3.63, 3.8) is 0 Å². The number of hydrogen-bond acceptors (Lipinski definition) is 2. The highest BCUT2D eigenvalue weighted by Crippen LogP contribution is 2.33. The Morgan fingerprint density at radius 2 is 1.90 bits per heavy atom. The van der Waals surface area contributed by atoms with Crippen LogP contribution in [0.25, 0.3) is 11.4 Å². The molecule has 0 atom stereocenters. The van der Waals surface area contributed by atoms with Gasteiger partial charge >= 0.3 is 0 Å². The van der Waals surface area contributed by atoms with Crippen LogP contribution in [0.2, 0.25) is 0 Å². The summed E-state index contributed by atoms with van der Waals surface area (Å²) in [6, 6.07) is 10.6. The van der Waals surface area contributed by atoms with Crippen LogP contribution in [0.5, 0.6) is 0 Å². The van der Waals surface area contributed by atoms with Crippen LogP contribution >= 0.6 is 12.2 Å². The number of H-pyrrole nitrogens is 1. The summed E-state index contributed by atoms with van der Waals surface area (Å²) in [5, 5.41) is 0. The summed E-state index contributed by atoms with van der Waals surface area (Å²) in [6.45, 7) is 2.17. The molecule has 1 fully saturated rings. The predicted octanol–water partition coefficient (Wildman–Crippen LogP) is 5.03. The molecule has 1 aliphatic carbocycles. The lowest BCUT2D eigenvalue weighted by molar-refractivity contribution is 0.694. The minimum absolute atomic E-state index is 0.633. The molecule has 3 rings (SSSR count). The van der Waals surface area contributed by atoms with Gasteiger partial charge in [0, 0.05) is 11.3 Å². The van der Waals surface area contributed by atoms with Crippen molar-refractivity contribution in [2.75, 3.05) is 0 Å². The zero-order valence-corrected chi connectivity index (χ0v) is 12.7. The Balaban J connectivity index is 1.97. The number of nitrogens with one attached hydrogen (secondary N) is 1. The van der Waals surface area contributed by atoms with Crippen molar-refractivity contribution in [3.8, 4) is 11.4 Å². The van der Waals surface area contributed by atoms with Crippen LogP contribution in [0.15, 0.2) is 30.3 Å². The van der Waals surface area contributed by atoms with Gasteiger partial charge in [0.2, 0.25) is 0 Å². The van der Waals surface area contributed by atoms with Gasteiger partial charge in [0.05, 0.1) is 0 Å². The average Bonchev–Trinajstić information content (AvgIpc) is 3.01. The van der Waals surface area contributed by atoms with Crippen LogP contribution in [0, 0.1) is 4.64 Å². The molecular formula is C17H20N2S. The molecule has 2 aromatic rings.